The van der Waals surface area contributed by atoms with Crippen LogP contribution in [0.4, 0.5) is 0 Å². The van der Waals surface area contributed by atoms with Crippen molar-refractivity contribution in [1.82, 2.24) is 24.2 Å². The average Bonchev–Trinajstić information content (AvgIpc) is 3.28. The quantitative estimate of drug-likeness (QED) is 0.650. The molecular formula is C19H25N5O3S. The minimum atomic E-state index is -3.19. The lowest BCUT2D eigenvalue weighted by Gasteiger charge is -2.30. The Bertz CT molecular complexity index is 1080. The Balaban J connectivity index is 1.47. The normalized spacial score (nSPS) is 17.0. The Kier molecular flexibility index (Phi) is 4.96. The summed E-state index contributed by atoms with van der Waals surface area (Å²) in [4.78, 5) is 4.59. The van der Waals surface area contributed by atoms with Gasteiger partial charge in [-0.3, -0.25) is 4.68 Å². The fourth-order valence-corrected chi connectivity index (χ4v) is 5.53. The van der Waals surface area contributed by atoms with Crippen LogP contribution in [0.1, 0.15) is 38.5 Å². The van der Waals surface area contributed by atoms with Gasteiger partial charge in [0, 0.05) is 37.0 Å². The van der Waals surface area contributed by atoms with Gasteiger partial charge < -0.3 is 4.52 Å². The zero-order chi connectivity index (χ0) is 19.9. The highest BCUT2D eigenvalue weighted by Gasteiger charge is 2.31. The molecule has 0 spiro atoms. The van der Waals surface area contributed by atoms with Gasteiger partial charge in [-0.15, -0.1) is 0 Å². The van der Waals surface area contributed by atoms with Crippen LogP contribution in [-0.2, 0) is 17.1 Å². The maximum Gasteiger partial charge on any atom is 0.230 e. The number of nitrogens with zero attached hydrogens (tertiary/aromatic N) is 5. The second-order valence-electron chi connectivity index (χ2n) is 7.84. The molecule has 2 aromatic heterocycles. The second-order valence-corrected chi connectivity index (χ2v) is 9.86. The van der Waals surface area contributed by atoms with Gasteiger partial charge in [0.15, 0.2) is 0 Å². The van der Waals surface area contributed by atoms with Crippen LogP contribution in [0.3, 0.4) is 0 Å². The highest BCUT2D eigenvalue weighted by atomic mass is 32.2. The molecule has 1 fully saturated rings. The molecule has 0 radical (unpaired) electrons. The molecule has 28 heavy (non-hydrogen) atoms. The van der Waals surface area contributed by atoms with Crippen LogP contribution in [0.2, 0.25) is 0 Å². The summed E-state index contributed by atoms with van der Waals surface area (Å²) in [5.74, 6) is 1.54. The van der Waals surface area contributed by atoms with Crippen molar-refractivity contribution in [3.05, 3.63) is 30.3 Å². The van der Waals surface area contributed by atoms with E-state index in [1.54, 1.807) is 4.31 Å². The van der Waals surface area contributed by atoms with Crippen molar-refractivity contribution in [1.29, 1.82) is 0 Å². The molecule has 0 saturated carbocycles. The first-order chi connectivity index (χ1) is 13.3. The van der Waals surface area contributed by atoms with Gasteiger partial charge in [-0.25, -0.2) is 12.7 Å². The van der Waals surface area contributed by atoms with E-state index in [1.165, 1.54) is 0 Å². The molecule has 1 aliphatic heterocycles. The molecule has 150 valence electrons. The Morgan fingerprint density at radius 1 is 1.25 bits per heavy atom. The van der Waals surface area contributed by atoms with Gasteiger partial charge in [0.2, 0.25) is 21.7 Å². The number of aromatic nitrogens is 4. The maximum absolute atomic E-state index is 12.4. The van der Waals surface area contributed by atoms with Gasteiger partial charge in [0.1, 0.15) is 0 Å². The number of sulfonamides is 1. The number of fused-ring (bicyclic) bond motifs is 1. The zero-order valence-corrected chi connectivity index (χ0v) is 17.2. The summed E-state index contributed by atoms with van der Waals surface area (Å²) in [5, 5.41) is 9.45. The standard InChI is InChI=1S/C19H25N5O3S/c1-13(2)12-28(25,26)24-8-6-14(7-9-24)19-21-18(22-27-19)15-4-5-16-11-20-23(3)17(16)10-15/h4-5,10-11,13-14H,6-9,12H2,1-3H3. The summed E-state index contributed by atoms with van der Waals surface area (Å²) in [6.07, 6.45) is 3.21. The molecule has 0 N–H and O–H groups in total. The molecule has 4 rings (SSSR count). The maximum atomic E-state index is 12.4. The first kappa shape index (κ1) is 19.1. The summed E-state index contributed by atoms with van der Waals surface area (Å²) in [5.41, 5.74) is 1.88. The lowest BCUT2D eigenvalue weighted by atomic mass is 9.98. The van der Waals surface area contributed by atoms with Crippen molar-refractivity contribution in [3.63, 3.8) is 0 Å². The number of hydrogen-bond acceptors (Lipinski definition) is 6. The van der Waals surface area contributed by atoms with E-state index in [0.717, 1.165) is 16.5 Å². The van der Waals surface area contributed by atoms with E-state index < -0.39 is 10.0 Å². The summed E-state index contributed by atoms with van der Waals surface area (Å²) in [7, 11) is -1.29. The van der Waals surface area contributed by atoms with Crippen molar-refractivity contribution in [2.45, 2.75) is 32.6 Å². The van der Waals surface area contributed by atoms with Gasteiger partial charge in [0.25, 0.3) is 0 Å². The fraction of sp³-hybridized carbons (Fsp3) is 0.526. The third-order valence-corrected chi connectivity index (χ3v) is 7.43. The molecule has 8 nitrogen and oxygen atoms in total. The van der Waals surface area contributed by atoms with Crippen LogP contribution < -0.4 is 0 Å². The molecular weight excluding hydrogens is 378 g/mol. The average molecular weight is 404 g/mol. The van der Waals surface area contributed by atoms with E-state index in [2.05, 4.69) is 15.2 Å². The van der Waals surface area contributed by atoms with E-state index in [9.17, 15) is 8.42 Å². The Labute approximate surface area is 164 Å². The number of piperidine rings is 1. The summed E-state index contributed by atoms with van der Waals surface area (Å²) >= 11 is 0. The van der Waals surface area contributed by atoms with Crippen LogP contribution in [-0.4, -0.2) is 51.5 Å². The molecule has 0 atom stereocenters. The van der Waals surface area contributed by atoms with Crippen molar-refractivity contribution in [3.8, 4) is 11.4 Å². The molecule has 1 saturated heterocycles. The summed E-state index contributed by atoms with van der Waals surface area (Å²) < 4.78 is 33.7. The first-order valence-corrected chi connectivity index (χ1v) is 11.2. The Morgan fingerprint density at radius 3 is 2.71 bits per heavy atom. The van der Waals surface area contributed by atoms with E-state index in [0.29, 0.717) is 37.6 Å². The monoisotopic (exact) mass is 403 g/mol. The minimum Gasteiger partial charge on any atom is -0.339 e. The topological polar surface area (TPSA) is 94.1 Å². The molecule has 1 aromatic carbocycles. The molecule has 3 aromatic rings. The molecule has 0 aliphatic carbocycles. The van der Waals surface area contributed by atoms with Gasteiger partial charge in [-0.2, -0.15) is 10.1 Å². The van der Waals surface area contributed by atoms with Crippen LogP contribution in [0.15, 0.2) is 28.9 Å². The molecule has 0 bridgehead atoms. The SMILES string of the molecule is CC(C)CS(=O)(=O)N1CCC(c2nc(-c3ccc4cnn(C)c4c3)no2)CC1. The van der Waals surface area contributed by atoms with E-state index in [4.69, 9.17) is 4.52 Å². The van der Waals surface area contributed by atoms with E-state index in [1.807, 2.05) is 50.0 Å². The lowest BCUT2D eigenvalue weighted by Crippen LogP contribution is -2.40. The van der Waals surface area contributed by atoms with Crippen LogP contribution in [0, 0.1) is 5.92 Å². The Hall–Kier alpha value is -2.26. The van der Waals surface area contributed by atoms with E-state index in [-0.39, 0.29) is 17.6 Å². The van der Waals surface area contributed by atoms with E-state index >= 15 is 0 Å². The van der Waals surface area contributed by atoms with Gasteiger partial charge in [-0.05, 0) is 24.8 Å². The third-order valence-electron chi connectivity index (χ3n) is 5.19. The van der Waals surface area contributed by atoms with Crippen LogP contribution >= 0.6 is 0 Å². The van der Waals surface area contributed by atoms with Crippen LogP contribution in [0.25, 0.3) is 22.3 Å². The number of aryl methyl sites for hydroxylation is 1. The fourth-order valence-electron chi connectivity index (χ4n) is 3.71. The van der Waals surface area contributed by atoms with Crippen molar-refractivity contribution in [2.24, 2.45) is 13.0 Å². The minimum absolute atomic E-state index is 0.0900. The number of hydrogen-bond donors (Lipinski definition) is 0. The first-order valence-electron chi connectivity index (χ1n) is 9.57. The lowest BCUT2D eigenvalue weighted by molar-refractivity contribution is 0.270. The molecule has 3 heterocycles. The smallest absolute Gasteiger partial charge is 0.230 e. The highest BCUT2D eigenvalue weighted by Crippen LogP contribution is 2.30. The molecule has 0 unspecified atom stereocenters. The summed E-state index contributed by atoms with van der Waals surface area (Å²) in [6, 6.07) is 5.95. The molecule has 9 heteroatoms. The van der Waals surface area contributed by atoms with Crippen molar-refractivity contribution >= 4 is 20.9 Å². The van der Waals surface area contributed by atoms with Crippen LogP contribution in [0.5, 0.6) is 0 Å². The molecule has 1 aliphatic rings. The Morgan fingerprint density at radius 2 is 2.00 bits per heavy atom. The largest absolute Gasteiger partial charge is 0.339 e. The van der Waals surface area contributed by atoms with Crippen molar-refractivity contribution in [2.75, 3.05) is 18.8 Å². The molecule has 0 amide bonds. The predicted octanol–water partition coefficient (Wildman–Crippen LogP) is 2.79. The third kappa shape index (κ3) is 3.68. The van der Waals surface area contributed by atoms with Crippen molar-refractivity contribution < 1.29 is 12.9 Å². The predicted molar refractivity (Wildman–Crippen MR) is 106 cm³/mol. The number of rotatable bonds is 5. The van der Waals surface area contributed by atoms with Gasteiger partial charge in [-0.1, -0.05) is 31.1 Å². The highest BCUT2D eigenvalue weighted by molar-refractivity contribution is 7.89. The van der Waals surface area contributed by atoms with Gasteiger partial charge >= 0.3 is 0 Å². The number of benzene rings is 1. The zero-order valence-electron chi connectivity index (χ0n) is 16.4. The van der Waals surface area contributed by atoms with Gasteiger partial charge in [0.05, 0.1) is 17.5 Å². The second kappa shape index (κ2) is 7.29. The summed E-state index contributed by atoms with van der Waals surface area (Å²) in [6.45, 7) is 4.84.